The van der Waals surface area contributed by atoms with Gasteiger partial charge in [-0.15, -0.1) is 0 Å². The Morgan fingerprint density at radius 3 is 1.95 bits per heavy atom. The third-order valence-corrected chi connectivity index (χ3v) is 4.01. The first-order valence-corrected chi connectivity index (χ1v) is 7.43. The second kappa shape index (κ2) is 6.07. The lowest BCUT2D eigenvalue weighted by molar-refractivity contribution is 0.416. The fourth-order valence-electron chi connectivity index (χ4n) is 2.84. The van der Waals surface area contributed by atoms with Crippen molar-refractivity contribution in [3.05, 3.63) is 77.9 Å². The van der Waals surface area contributed by atoms with Crippen LogP contribution in [0.15, 0.2) is 60.7 Å². The normalized spacial score (nSPS) is 10.5. The van der Waals surface area contributed by atoms with Gasteiger partial charge in [-0.2, -0.15) is 0 Å². The van der Waals surface area contributed by atoms with Gasteiger partial charge in [0.2, 0.25) is 0 Å². The van der Waals surface area contributed by atoms with Crippen LogP contribution in [0, 0.1) is 19.9 Å². The van der Waals surface area contributed by atoms with Crippen LogP contribution in [-0.2, 0) is 0 Å². The second-order valence-corrected chi connectivity index (χ2v) is 5.43. The van der Waals surface area contributed by atoms with Crippen LogP contribution in [0.1, 0.15) is 11.1 Å². The Labute approximate surface area is 132 Å². The lowest BCUT2D eigenvalue weighted by Crippen LogP contribution is -1.94. The lowest BCUT2D eigenvalue weighted by Gasteiger charge is -2.17. The number of rotatable bonds is 3. The van der Waals surface area contributed by atoms with Crippen molar-refractivity contribution in [1.29, 1.82) is 0 Å². The number of benzene rings is 3. The highest BCUT2D eigenvalue weighted by atomic mass is 16.5. The molecule has 109 valence electrons. The molecule has 0 fully saturated rings. The molecule has 0 bridgehead atoms. The van der Waals surface area contributed by atoms with E-state index in [0.29, 0.717) is 0 Å². The largest absolute Gasteiger partial charge is 0.496 e. The van der Waals surface area contributed by atoms with Crippen molar-refractivity contribution in [1.82, 2.24) is 0 Å². The number of ether oxygens (including phenoxy) is 1. The minimum Gasteiger partial charge on any atom is -0.496 e. The van der Waals surface area contributed by atoms with E-state index in [1.54, 1.807) is 7.11 Å². The van der Waals surface area contributed by atoms with Crippen molar-refractivity contribution in [2.24, 2.45) is 0 Å². The fraction of sp³-hybridized carbons (Fsp3) is 0.143. The molecule has 0 aliphatic heterocycles. The van der Waals surface area contributed by atoms with Gasteiger partial charge < -0.3 is 4.74 Å². The Balaban J connectivity index is 2.34. The highest BCUT2D eigenvalue weighted by molar-refractivity contribution is 5.89. The maximum atomic E-state index is 5.64. The molecular weight excluding hydrogens is 268 g/mol. The van der Waals surface area contributed by atoms with Crippen LogP contribution in [0.4, 0.5) is 0 Å². The maximum absolute atomic E-state index is 5.64. The highest BCUT2D eigenvalue weighted by Crippen LogP contribution is 2.40. The predicted octanol–water partition coefficient (Wildman–Crippen LogP) is 5.45. The van der Waals surface area contributed by atoms with Crippen molar-refractivity contribution in [3.8, 4) is 28.0 Å². The third kappa shape index (κ3) is 2.50. The van der Waals surface area contributed by atoms with Crippen LogP contribution in [0.3, 0.4) is 0 Å². The molecule has 1 heteroatoms. The summed E-state index contributed by atoms with van der Waals surface area (Å²) < 4.78 is 5.64. The van der Waals surface area contributed by atoms with E-state index < -0.39 is 0 Å². The van der Waals surface area contributed by atoms with E-state index in [1.165, 1.54) is 22.3 Å². The van der Waals surface area contributed by atoms with E-state index in [2.05, 4.69) is 68.4 Å². The molecule has 0 heterocycles. The average molecular weight is 287 g/mol. The minimum atomic E-state index is 0.881. The number of aryl methyl sites for hydroxylation is 2. The van der Waals surface area contributed by atoms with Crippen molar-refractivity contribution >= 4 is 0 Å². The molecule has 22 heavy (non-hydrogen) atoms. The Morgan fingerprint density at radius 1 is 0.773 bits per heavy atom. The molecule has 0 N–H and O–H groups in total. The van der Waals surface area contributed by atoms with E-state index in [1.807, 2.05) is 12.1 Å². The van der Waals surface area contributed by atoms with Crippen molar-refractivity contribution in [3.63, 3.8) is 0 Å². The van der Waals surface area contributed by atoms with Gasteiger partial charge in [-0.3, -0.25) is 0 Å². The van der Waals surface area contributed by atoms with Crippen LogP contribution < -0.4 is 4.74 Å². The standard InChI is InChI=1S/C21H19O/c1-15-9-4-6-11-17(15)19-13-8-14-20(22-3)21(19)18-12-7-5-10-16(18)2/h4-12,14H,1-3H3. The Morgan fingerprint density at radius 2 is 1.36 bits per heavy atom. The van der Waals surface area contributed by atoms with E-state index >= 15 is 0 Å². The molecular formula is C21H19O. The molecule has 0 amide bonds. The van der Waals surface area contributed by atoms with Crippen molar-refractivity contribution in [2.75, 3.05) is 7.11 Å². The van der Waals surface area contributed by atoms with Crippen LogP contribution in [0.2, 0.25) is 0 Å². The van der Waals surface area contributed by atoms with Gasteiger partial charge in [-0.1, -0.05) is 54.6 Å². The van der Waals surface area contributed by atoms with Gasteiger partial charge in [-0.05, 0) is 48.2 Å². The van der Waals surface area contributed by atoms with Crippen LogP contribution >= 0.6 is 0 Å². The molecule has 0 saturated heterocycles. The summed E-state index contributed by atoms with van der Waals surface area (Å²) in [5, 5.41) is 0. The topological polar surface area (TPSA) is 9.23 Å². The molecule has 0 aliphatic rings. The van der Waals surface area contributed by atoms with Crippen LogP contribution in [-0.4, -0.2) is 7.11 Å². The minimum absolute atomic E-state index is 0.881. The summed E-state index contributed by atoms with van der Waals surface area (Å²) in [5.41, 5.74) is 7.05. The van der Waals surface area contributed by atoms with E-state index in [-0.39, 0.29) is 0 Å². The van der Waals surface area contributed by atoms with Gasteiger partial charge >= 0.3 is 0 Å². The Kier molecular flexibility index (Phi) is 3.97. The zero-order valence-electron chi connectivity index (χ0n) is 13.2. The monoisotopic (exact) mass is 287 g/mol. The van der Waals surface area contributed by atoms with Gasteiger partial charge in [-0.25, -0.2) is 0 Å². The third-order valence-electron chi connectivity index (χ3n) is 4.01. The SMILES string of the molecule is COc1cc[c]c(-c2ccccc2C)c1-c1ccccc1C. The quantitative estimate of drug-likeness (QED) is 0.622. The van der Waals surface area contributed by atoms with Gasteiger partial charge in [0.15, 0.2) is 0 Å². The maximum Gasteiger partial charge on any atom is 0.127 e. The number of hydrogen-bond donors (Lipinski definition) is 0. The molecule has 1 nitrogen and oxygen atoms in total. The molecule has 3 aromatic carbocycles. The first kappa shape index (κ1) is 14.4. The molecule has 0 atom stereocenters. The Hall–Kier alpha value is -2.54. The average Bonchev–Trinajstić information content (AvgIpc) is 2.55. The van der Waals surface area contributed by atoms with Gasteiger partial charge in [0.1, 0.15) is 5.75 Å². The first-order valence-electron chi connectivity index (χ1n) is 7.43. The molecule has 0 aromatic heterocycles. The van der Waals surface area contributed by atoms with E-state index in [4.69, 9.17) is 4.74 Å². The second-order valence-electron chi connectivity index (χ2n) is 5.43. The molecule has 0 unspecified atom stereocenters. The fourth-order valence-corrected chi connectivity index (χ4v) is 2.84. The molecule has 0 saturated carbocycles. The van der Waals surface area contributed by atoms with Crippen LogP contribution in [0.5, 0.6) is 5.75 Å². The lowest BCUT2D eigenvalue weighted by atomic mass is 9.90. The number of hydrogen-bond acceptors (Lipinski definition) is 1. The predicted molar refractivity (Wildman–Crippen MR) is 92.2 cm³/mol. The summed E-state index contributed by atoms with van der Waals surface area (Å²) in [4.78, 5) is 0. The van der Waals surface area contributed by atoms with E-state index in [9.17, 15) is 0 Å². The summed E-state index contributed by atoms with van der Waals surface area (Å²) in [5.74, 6) is 0.881. The molecule has 3 rings (SSSR count). The summed E-state index contributed by atoms with van der Waals surface area (Å²) in [6.07, 6.45) is 0. The smallest absolute Gasteiger partial charge is 0.127 e. The van der Waals surface area contributed by atoms with E-state index in [0.717, 1.165) is 16.9 Å². The van der Waals surface area contributed by atoms with Crippen molar-refractivity contribution < 1.29 is 4.74 Å². The summed E-state index contributed by atoms with van der Waals surface area (Å²) in [6, 6.07) is 24.1. The molecule has 0 aliphatic carbocycles. The molecule has 0 spiro atoms. The number of methoxy groups -OCH3 is 1. The summed E-state index contributed by atoms with van der Waals surface area (Å²) in [7, 11) is 1.72. The molecule has 1 radical (unpaired) electrons. The molecule has 3 aromatic rings. The van der Waals surface area contributed by atoms with Crippen LogP contribution in [0.25, 0.3) is 22.3 Å². The zero-order valence-corrected chi connectivity index (χ0v) is 13.2. The van der Waals surface area contributed by atoms with Crippen molar-refractivity contribution in [2.45, 2.75) is 13.8 Å². The first-order chi connectivity index (χ1) is 10.7. The summed E-state index contributed by atoms with van der Waals surface area (Å²) in [6.45, 7) is 4.26. The zero-order chi connectivity index (χ0) is 15.5. The van der Waals surface area contributed by atoms with Gasteiger partial charge in [0.25, 0.3) is 0 Å². The van der Waals surface area contributed by atoms with Gasteiger partial charge in [0.05, 0.1) is 7.11 Å². The van der Waals surface area contributed by atoms with Gasteiger partial charge in [0, 0.05) is 11.1 Å². The summed E-state index contributed by atoms with van der Waals surface area (Å²) >= 11 is 0. The Bertz CT molecular complexity index is 803. The highest BCUT2D eigenvalue weighted by Gasteiger charge is 2.15.